The molecule has 1 amide bonds. The van der Waals surface area contributed by atoms with E-state index in [4.69, 9.17) is 0 Å². The van der Waals surface area contributed by atoms with Gasteiger partial charge in [0, 0.05) is 12.1 Å². The van der Waals surface area contributed by atoms with E-state index in [9.17, 15) is 23.1 Å². The van der Waals surface area contributed by atoms with Crippen LogP contribution in [0.25, 0.3) is 0 Å². The molecular formula is C30H42F3NO2. The molecule has 36 heavy (non-hydrogen) atoms. The minimum absolute atomic E-state index is 0.0196. The summed E-state index contributed by atoms with van der Waals surface area (Å²) in [5.41, 5.74) is 1.11. The fourth-order valence-electron chi connectivity index (χ4n) is 4.50. The second-order valence-corrected chi connectivity index (χ2v) is 11.5. The third-order valence-corrected chi connectivity index (χ3v) is 6.49. The maximum Gasteiger partial charge on any atom is 0.416 e. The number of aryl methyl sites for hydroxylation is 1. The SMILES string of the molecule is CCCCCC(CC(=O)Nc1cc(CCC(C)(C)O)ccc1C(C)(C)C)c1ccccc1C(F)(F)F. The number of carbonyl (C=O) groups is 1. The maximum atomic E-state index is 13.7. The van der Waals surface area contributed by atoms with Crippen LogP contribution in [0, 0.1) is 0 Å². The lowest BCUT2D eigenvalue weighted by atomic mass is 9.84. The Bertz CT molecular complexity index is 1000. The first kappa shape index (κ1) is 29.9. The summed E-state index contributed by atoms with van der Waals surface area (Å²) in [6.07, 6.45) is -0.126. The summed E-state index contributed by atoms with van der Waals surface area (Å²) in [5, 5.41) is 13.1. The Morgan fingerprint density at radius 1 is 0.972 bits per heavy atom. The van der Waals surface area contributed by atoms with Gasteiger partial charge in [0.2, 0.25) is 5.91 Å². The van der Waals surface area contributed by atoms with Gasteiger partial charge in [-0.05, 0) is 73.3 Å². The van der Waals surface area contributed by atoms with Crippen molar-refractivity contribution in [3.63, 3.8) is 0 Å². The van der Waals surface area contributed by atoms with Crippen molar-refractivity contribution >= 4 is 11.6 Å². The number of benzene rings is 2. The van der Waals surface area contributed by atoms with Crippen molar-refractivity contribution in [1.29, 1.82) is 0 Å². The molecule has 1 unspecified atom stereocenters. The summed E-state index contributed by atoms with van der Waals surface area (Å²) >= 11 is 0. The summed E-state index contributed by atoms with van der Waals surface area (Å²) in [6.45, 7) is 11.7. The smallest absolute Gasteiger partial charge is 0.390 e. The molecule has 0 aliphatic rings. The predicted molar refractivity (Wildman–Crippen MR) is 141 cm³/mol. The minimum atomic E-state index is -4.47. The summed E-state index contributed by atoms with van der Waals surface area (Å²) < 4.78 is 41.2. The largest absolute Gasteiger partial charge is 0.416 e. The first-order valence-corrected chi connectivity index (χ1v) is 12.9. The van der Waals surface area contributed by atoms with Crippen molar-refractivity contribution in [2.24, 2.45) is 0 Å². The van der Waals surface area contributed by atoms with Crippen LogP contribution in [0.2, 0.25) is 0 Å². The van der Waals surface area contributed by atoms with E-state index >= 15 is 0 Å². The Kier molecular flexibility index (Phi) is 10.2. The van der Waals surface area contributed by atoms with Gasteiger partial charge in [-0.2, -0.15) is 13.2 Å². The second-order valence-electron chi connectivity index (χ2n) is 11.5. The average Bonchev–Trinajstić information content (AvgIpc) is 2.75. The number of amides is 1. The zero-order valence-electron chi connectivity index (χ0n) is 22.6. The lowest BCUT2D eigenvalue weighted by Gasteiger charge is -2.26. The molecule has 0 bridgehead atoms. The number of alkyl halides is 3. The Hall–Kier alpha value is -2.34. The molecule has 0 aliphatic heterocycles. The fourth-order valence-corrected chi connectivity index (χ4v) is 4.50. The molecule has 3 nitrogen and oxygen atoms in total. The summed E-state index contributed by atoms with van der Waals surface area (Å²) in [5.74, 6) is -0.815. The average molecular weight is 506 g/mol. The van der Waals surface area contributed by atoms with E-state index in [2.05, 4.69) is 26.1 Å². The first-order chi connectivity index (χ1) is 16.6. The van der Waals surface area contributed by atoms with Crippen LogP contribution in [0.4, 0.5) is 18.9 Å². The number of halogens is 3. The molecule has 2 aromatic carbocycles. The number of rotatable bonds is 11. The normalized spacial score (nSPS) is 13.5. The summed E-state index contributed by atoms with van der Waals surface area (Å²) in [4.78, 5) is 13.3. The van der Waals surface area contributed by atoms with E-state index in [-0.39, 0.29) is 23.3 Å². The van der Waals surface area contributed by atoms with Gasteiger partial charge in [-0.15, -0.1) is 0 Å². The Morgan fingerprint density at radius 3 is 2.22 bits per heavy atom. The van der Waals surface area contributed by atoms with Crippen LogP contribution < -0.4 is 5.32 Å². The Labute approximate surface area is 214 Å². The van der Waals surface area contributed by atoms with Gasteiger partial charge in [-0.3, -0.25) is 4.79 Å². The number of anilines is 1. The molecule has 0 aliphatic carbocycles. The zero-order valence-corrected chi connectivity index (χ0v) is 22.6. The molecule has 2 N–H and O–H groups in total. The Balaban J connectivity index is 2.34. The van der Waals surface area contributed by atoms with Gasteiger partial charge >= 0.3 is 6.18 Å². The molecule has 200 valence electrons. The van der Waals surface area contributed by atoms with E-state index in [1.54, 1.807) is 19.9 Å². The van der Waals surface area contributed by atoms with Crippen molar-refractivity contribution in [3.8, 4) is 0 Å². The van der Waals surface area contributed by atoms with Crippen LogP contribution >= 0.6 is 0 Å². The highest BCUT2D eigenvalue weighted by atomic mass is 19.4. The summed E-state index contributed by atoms with van der Waals surface area (Å²) in [7, 11) is 0. The van der Waals surface area contributed by atoms with Crippen LogP contribution in [0.15, 0.2) is 42.5 Å². The number of carbonyl (C=O) groups excluding carboxylic acids is 1. The molecule has 6 heteroatoms. The third kappa shape index (κ3) is 9.27. The monoisotopic (exact) mass is 505 g/mol. The van der Waals surface area contributed by atoms with E-state index in [0.717, 1.165) is 36.5 Å². The molecule has 0 radical (unpaired) electrons. The van der Waals surface area contributed by atoms with Crippen molar-refractivity contribution in [3.05, 3.63) is 64.7 Å². The number of hydrogen-bond acceptors (Lipinski definition) is 2. The van der Waals surface area contributed by atoms with Gasteiger partial charge in [0.15, 0.2) is 0 Å². The highest BCUT2D eigenvalue weighted by Crippen LogP contribution is 2.38. The highest BCUT2D eigenvalue weighted by Gasteiger charge is 2.35. The molecule has 0 heterocycles. The molecule has 1 atom stereocenters. The van der Waals surface area contributed by atoms with Crippen LogP contribution in [0.1, 0.15) is 108 Å². The molecule has 0 aromatic heterocycles. The molecular weight excluding hydrogens is 463 g/mol. The van der Waals surface area contributed by atoms with Crippen molar-refractivity contribution < 1.29 is 23.1 Å². The first-order valence-electron chi connectivity index (χ1n) is 12.9. The van der Waals surface area contributed by atoms with Gasteiger partial charge in [0.05, 0.1) is 11.2 Å². The van der Waals surface area contributed by atoms with E-state index in [1.807, 2.05) is 25.1 Å². The van der Waals surface area contributed by atoms with Crippen LogP contribution in [-0.4, -0.2) is 16.6 Å². The standard InChI is InChI=1S/C30H42F3NO2/c1-7-8-9-12-22(23-13-10-11-14-24(23)30(31,32)33)20-27(35)34-26-19-21(17-18-29(5,6)36)15-16-25(26)28(2,3)4/h10-11,13-16,19,22,36H,7-9,12,17-18,20H2,1-6H3,(H,34,35). The van der Waals surface area contributed by atoms with Crippen LogP contribution in [0.3, 0.4) is 0 Å². The van der Waals surface area contributed by atoms with Gasteiger partial charge < -0.3 is 10.4 Å². The third-order valence-electron chi connectivity index (χ3n) is 6.49. The molecule has 0 saturated heterocycles. The Morgan fingerprint density at radius 2 is 1.64 bits per heavy atom. The van der Waals surface area contributed by atoms with Crippen molar-refractivity contribution in [1.82, 2.24) is 0 Å². The van der Waals surface area contributed by atoms with Gasteiger partial charge in [-0.25, -0.2) is 0 Å². The topological polar surface area (TPSA) is 49.3 Å². The lowest BCUT2D eigenvalue weighted by Crippen LogP contribution is -2.22. The lowest BCUT2D eigenvalue weighted by molar-refractivity contribution is -0.138. The van der Waals surface area contributed by atoms with E-state index in [1.165, 1.54) is 12.1 Å². The van der Waals surface area contributed by atoms with Gasteiger partial charge in [0.25, 0.3) is 0 Å². The molecule has 0 saturated carbocycles. The summed E-state index contributed by atoms with van der Waals surface area (Å²) in [6, 6.07) is 11.5. The van der Waals surface area contributed by atoms with E-state index in [0.29, 0.717) is 24.9 Å². The van der Waals surface area contributed by atoms with Gasteiger partial charge in [-0.1, -0.05) is 77.3 Å². The molecule has 2 aromatic rings. The van der Waals surface area contributed by atoms with Crippen LogP contribution in [0.5, 0.6) is 0 Å². The molecule has 0 fully saturated rings. The fraction of sp³-hybridized carbons (Fsp3) is 0.567. The van der Waals surface area contributed by atoms with Crippen molar-refractivity contribution in [2.75, 3.05) is 5.32 Å². The zero-order chi connectivity index (χ0) is 27.1. The molecule has 0 spiro atoms. The van der Waals surface area contributed by atoms with E-state index < -0.39 is 23.3 Å². The number of hydrogen-bond donors (Lipinski definition) is 2. The number of nitrogens with one attached hydrogen (secondary N) is 1. The van der Waals surface area contributed by atoms with Crippen LogP contribution in [-0.2, 0) is 22.8 Å². The maximum absolute atomic E-state index is 13.7. The minimum Gasteiger partial charge on any atom is -0.390 e. The van der Waals surface area contributed by atoms with Crippen molar-refractivity contribution in [2.45, 2.75) is 110 Å². The molecule has 2 rings (SSSR count). The number of unbranched alkanes of at least 4 members (excludes halogenated alkanes) is 2. The van der Waals surface area contributed by atoms with Gasteiger partial charge in [0.1, 0.15) is 0 Å². The quantitative estimate of drug-likeness (QED) is 0.301. The predicted octanol–water partition coefficient (Wildman–Crippen LogP) is 8.40. The number of aliphatic hydroxyl groups is 1. The highest BCUT2D eigenvalue weighted by molar-refractivity contribution is 5.92. The second kappa shape index (κ2) is 12.3.